The molecule has 2 aromatic rings. The van der Waals surface area contributed by atoms with E-state index in [4.69, 9.17) is 16.3 Å². The normalized spacial score (nSPS) is 19.4. The highest BCUT2D eigenvalue weighted by Gasteiger charge is 2.25. The van der Waals surface area contributed by atoms with Gasteiger partial charge < -0.3 is 15.2 Å². The molecule has 1 aromatic carbocycles. The average Bonchev–Trinajstić information content (AvgIpc) is 2.69. The van der Waals surface area contributed by atoms with Crippen LogP contribution in [0.25, 0.3) is 11.1 Å². The first kappa shape index (κ1) is 22.6. The van der Waals surface area contributed by atoms with Crippen molar-refractivity contribution in [1.29, 1.82) is 0 Å². The number of amides is 1. The van der Waals surface area contributed by atoms with Crippen LogP contribution < -0.4 is 10.1 Å². The number of aliphatic hydroxyl groups is 1. The second kappa shape index (κ2) is 9.80. The molecule has 1 saturated carbocycles. The van der Waals surface area contributed by atoms with Gasteiger partial charge in [0.2, 0.25) is 5.88 Å². The molecule has 0 radical (unpaired) electrons. The summed E-state index contributed by atoms with van der Waals surface area (Å²) in [6, 6.07) is 8.98. The molecule has 0 unspecified atom stereocenters. The molecule has 162 valence electrons. The Labute approximate surface area is 183 Å². The summed E-state index contributed by atoms with van der Waals surface area (Å²) < 4.78 is 5.98. The van der Waals surface area contributed by atoms with Crippen molar-refractivity contribution in [2.75, 3.05) is 6.61 Å². The topological polar surface area (TPSA) is 71.5 Å². The minimum Gasteiger partial charge on any atom is -0.477 e. The highest BCUT2D eigenvalue weighted by Crippen LogP contribution is 2.31. The molecule has 0 bridgehead atoms. The number of halogens is 1. The van der Waals surface area contributed by atoms with Gasteiger partial charge in [0.1, 0.15) is 0 Å². The number of aromatic nitrogens is 1. The molecule has 3 rings (SSSR count). The molecule has 5 nitrogen and oxygen atoms in total. The summed E-state index contributed by atoms with van der Waals surface area (Å²) in [6.45, 7) is 7.03. The van der Waals surface area contributed by atoms with Crippen LogP contribution in [0.1, 0.15) is 63.2 Å². The summed E-state index contributed by atoms with van der Waals surface area (Å²) in [5, 5.41) is 13.8. The van der Waals surface area contributed by atoms with Gasteiger partial charge in [-0.3, -0.25) is 4.79 Å². The average molecular weight is 431 g/mol. The number of benzene rings is 1. The summed E-state index contributed by atoms with van der Waals surface area (Å²) >= 11 is 6.04. The maximum atomic E-state index is 12.8. The number of hydrogen-bond acceptors (Lipinski definition) is 4. The predicted molar refractivity (Wildman–Crippen MR) is 120 cm³/mol. The number of hydrogen-bond donors (Lipinski definition) is 2. The van der Waals surface area contributed by atoms with E-state index in [0.29, 0.717) is 23.1 Å². The van der Waals surface area contributed by atoms with Crippen LogP contribution in [-0.4, -0.2) is 34.8 Å². The fourth-order valence-electron chi connectivity index (χ4n) is 3.51. The molecule has 1 fully saturated rings. The first-order valence-corrected chi connectivity index (χ1v) is 11.0. The number of pyridine rings is 1. The quantitative estimate of drug-likeness (QED) is 0.656. The van der Waals surface area contributed by atoms with Crippen molar-refractivity contribution in [2.45, 2.75) is 65.0 Å². The van der Waals surface area contributed by atoms with E-state index in [1.165, 1.54) is 6.20 Å². The van der Waals surface area contributed by atoms with Gasteiger partial charge in [-0.05, 0) is 48.4 Å². The molecule has 6 heteroatoms. The van der Waals surface area contributed by atoms with Crippen molar-refractivity contribution in [1.82, 2.24) is 10.3 Å². The van der Waals surface area contributed by atoms with E-state index in [2.05, 4.69) is 31.1 Å². The van der Waals surface area contributed by atoms with Gasteiger partial charge in [-0.25, -0.2) is 4.98 Å². The van der Waals surface area contributed by atoms with Crippen LogP contribution in [0, 0.1) is 5.41 Å². The zero-order valence-corrected chi connectivity index (χ0v) is 18.7. The van der Waals surface area contributed by atoms with Crippen molar-refractivity contribution < 1.29 is 14.6 Å². The summed E-state index contributed by atoms with van der Waals surface area (Å²) in [5.41, 5.74) is 2.23. The van der Waals surface area contributed by atoms with Crippen molar-refractivity contribution in [3.05, 3.63) is 47.1 Å². The number of rotatable bonds is 6. The lowest BCUT2D eigenvalue weighted by atomic mass is 9.92. The van der Waals surface area contributed by atoms with E-state index >= 15 is 0 Å². The minimum atomic E-state index is -0.494. The Morgan fingerprint density at radius 2 is 1.93 bits per heavy atom. The van der Waals surface area contributed by atoms with Crippen LogP contribution in [0.15, 0.2) is 36.5 Å². The van der Waals surface area contributed by atoms with Gasteiger partial charge in [-0.2, -0.15) is 0 Å². The minimum absolute atomic E-state index is 0.154. The van der Waals surface area contributed by atoms with Gasteiger partial charge in [-0.1, -0.05) is 57.3 Å². The largest absolute Gasteiger partial charge is 0.477 e. The van der Waals surface area contributed by atoms with E-state index in [9.17, 15) is 9.90 Å². The third-order valence-corrected chi connectivity index (χ3v) is 5.66. The van der Waals surface area contributed by atoms with Gasteiger partial charge >= 0.3 is 0 Å². The van der Waals surface area contributed by atoms with Crippen LogP contribution in [0.2, 0.25) is 5.02 Å². The zero-order chi connectivity index (χ0) is 21.7. The van der Waals surface area contributed by atoms with Gasteiger partial charge in [0, 0.05) is 16.8 Å². The lowest BCUT2D eigenvalue weighted by Gasteiger charge is -2.28. The Kier molecular flexibility index (Phi) is 7.37. The first-order chi connectivity index (χ1) is 14.2. The third kappa shape index (κ3) is 6.19. The fourth-order valence-corrected chi connectivity index (χ4v) is 3.64. The number of nitrogens with one attached hydrogen (secondary N) is 1. The summed E-state index contributed by atoms with van der Waals surface area (Å²) in [6.07, 6.45) is 5.45. The molecule has 2 atom stereocenters. The third-order valence-electron chi connectivity index (χ3n) is 5.41. The Morgan fingerprint density at radius 3 is 2.60 bits per heavy atom. The molecule has 0 spiro atoms. The highest BCUT2D eigenvalue weighted by atomic mass is 35.5. The van der Waals surface area contributed by atoms with Crippen LogP contribution in [0.3, 0.4) is 0 Å². The maximum absolute atomic E-state index is 12.8. The van der Waals surface area contributed by atoms with Crippen molar-refractivity contribution in [2.24, 2.45) is 5.41 Å². The van der Waals surface area contributed by atoms with Crippen molar-refractivity contribution in [3.63, 3.8) is 0 Å². The van der Waals surface area contributed by atoms with E-state index < -0.39 is 6.10 Å². The first-order valence-electron chi connectivity index (χ1n) is 10.6. The SMILES string of the molecule is CC(C)(C)CCOc1ncc(C(=O)N[C@@H]2CCCC[C@H]2O)cc1-c1ccc(Cl)cc1. The standard InChI is InChI=1S/C24H31ClN2O3/c1-24(2,3)12-13-30-23-19(16-8-10-18(25)11-9-16)14-17(15-26-23)22(29)27-20-6-4-5-7-21(20)28/h8-11,14-15,20-21,28H,4-7,12-13H2,1-3H3,(H,27,29)/t20-,21-/m1/s1. The molecule has 30 heavy (non-hydrogen) atoms. The van der Waals surface area contributed by atoms with Crippen LogP contribution in [0.4, 0.5) is 0 Å². The smallest absolute Gasteiger partial charge is 0.253 e. The summed E-state index contributed by atoms with van der Waals surface area (Å²) in [4.78, 5) is 17.3. The van der Waals surface area contributed by atoms with E-state index in [-0.39, 0.29) is 17.4 Å². The predicted octanol–water partition coefficient (Wildman–Crippen LogP) is 5.25. The molecule has 2 N–H and O–H groups in total. The number of nitrogens with zero attached hydrogens (tertiary/aromatic N) is 1. The number of aliphatic hydroxyl groups excluding tert-OH is 1. The molecular weight excluding hydrogens is 400 g/mol. The van der Waals surface area contributed by atoms with E-state index in [1.54, 1.807) is 18.2 Å². The second-order valence-electron chi connectivity index (χ2n) is 9.17. The Bertz CT molecular complexity index is 862. The monoisotopic (exact) mass is 430 g/mol. The zero-order valence-electron chi connectivity index (χ0n) is 18.0. The maximum Gasteiger partial charge on any atom is 0.253 e. The van der Waals surface area contributed by atoms with Gasteiger partial charge in [-0.15, -0.1) is 0 Å². The lowest BCUT2D eigenvalue weighted by Crippen LogP contribution is -2.45. The molecule has 1 aliphatic rings. The molecule has 1 heterocycles. The number of ether oxygens (including phenoxy) is 1. The van der Waals surface area contributed by atoms with Crippen molar-refractivity contribution >= 4 is 17.5 Å². The molecule has 0 saturated heterocycles. The molecule has 1 aromatic heterocycles. The Hall–Kier alpha value is -2.11. The van der Waals surface area contributed by atoms with Gasteiger partial charge in [0.25, 0.3) is 5.91 Å². The molecule has 1 aliphatic carbocycles. The van der Waals surface area contributed by atoms with Crippen molar-refractivity contribution in [3.8, 4) is 17.0 Å². The summed E-state index contributed by atoms with van der Waals surface area (Å²) in [7, 11) is 0. The fraction of sp³-hybridized carbons (Fsp3) is 0.500. The molecule has 0 aliphatic heterocycles. The van der Waals surface area contributed by atoms with E-state index in [1.807, 2.05) is 12.1 Å². The Morgan fingerprint density at radius 1 is 1.23 bits per heavy atom. The number of carbonyl (C=O) groups excluding carboxylic acids is 1. The second-order valence-corrected chi connectivity index (χ2v) is 9.61. The van der Waals surface area contributed by atoms with Crippen LogP contribution in [-0.2, 0) is 0 Å². The van der Waals surface area contributed by atoms with E-state index in [0.717, 1.165) is 43.2 Å². The Balaban J connectivity index is 1.83. The van der Waals surface area contributed by atoms with Crippen LogP contribution in [0.5, 0.6) is 5.88 Å². The summed E-state index contributed by atoms with van der Waals surface area (Å²) in [5.74, 6) is 0.265. The molecular formula is C24H31ClN2O3. The molecule has 1 amide bonds. The lowest BCUT2D eigenvalue weighted by molar-refractivity contribution is 0.0717. The van der Waals surface area contributed by atoms with Gasteiger partial charge in [0.05, 0.1) is 24.3 Å². The van der Waals surface area contributed by atoms with Gasteiger partial charge in [0.15, 0.2) is 0 Å². The number of carbonyl (C=O) groups is 1. The highest BCUT2D eigenvalue weighted by molar-refractivity contribution is 6.30. The van der Waals surface area contributed by atoms with Crippen LogP contribution >= 0.6 is 11.6 Å².